The highest BCUT2D eigenvalue weighted by Crippen LogP contribution is 2.26. The zero-order valence-corrected chi connectivity index (χ0v) is 11.5. The van der Waals surface area contributed by atoms with Gasteiger partial charge in [0.1, 0.15) is 5.82 Å². The lowest BCUT2D eigenvalue weighted by Crippen LogP contribution is -2.44. The second-order valence-corrected chi connectivity index (χ2v) is 4.57. The molecule has 1 aromatic rings. The van der Waals surface area contributed by atoms with Crippen LogP contribution in [0.2, 0.25) is 0 Å². The molecule has 0 saturated carbocycles. The Morgan fingerprint density at radius 2 is 2.00 bits per heavy atom. The SMILES string of the molecule is CCC(N)C(c1ccccc1F)N(CC)CC(N)=O. The van der Waals surface area contributed by atoms with E-state index in [0.29, 0.717) is 18.5 Å². The van der Waals surface area contributed by atoms with Crippen LogP contribution in [0.5, 0.6) is 0 Å². The first-order valence-corrected chi connectivity index (χ1v) is 6.53. The van der Waals surface area contributed by atoms with Crippen molar-refractivity contribution in [1.29, 1.82) is 0 Å². The second kappa shape index (κ2) is 7.21. The molecule has 19 heavy (non-hydrogen) atoms. The van der Waals surface area contributed by atoms with Crippen molar-refractivity contribution in [3.63, 3.8) is 0 Å². The van der Waals surface area contributed by atoms with Gasteiger partial charge in [-0.15, -0.1) is 0 Å². The minimum absolute atomic E-state index is 0.0726. The normalized spacial score (nSPS) is 14.4. The van der Waals surface area contributed by atoms with E-state index in [1.165, 1.54) is 6.07 Å². The van der Waals surface area contributed by atoms with E-state index in [1.807, 2.05) is 18.7 Å². The van der Waals surface area contributed by atoms with Gasteiger partial charge in [0, 0.05) is 11.6 Å². The first-order chi connectivity index (χ1) is 9.01. The molecule has 0 aromatic heterocycles. The van der Waals surface area contributed by atoms with Crippen LogP contribution in [-0.2, 0) is 4.79 Å². The first kappa shape index (κ1) is 15.6. The smallest absolute Gasteiger partial charge is 0.231 e. The Bertz CT molecular complexity index is 425. The summed E-state index contributed by atoms with van der Waals surface area (Å²) in [4.78, 5) is 13.0. The van der Waals surface area contributed by atoms with Crippen LogP contribution >= 0.6 is 0 Å². The molecule has 0 aliphatic carbocycles. The Labute approximate surface area is 113 Å². The molecule has 0 heterocycles. The minimum atomic E-state index is -0.438. The number of carbonyl (C=O) groups excluding carboxylic acids is 1. The summed E-state index contributed by atoms with van der Waals surface area (Å²) in [5, 5.41) is 0. The van der Waals surface area contributed by atoms with Crippen molar-refractivity contribution < 1.29 is 9.18 Å². The summed E-state index contributed by atoms with van der Waals surface area (Å²) in [7, 11) is 0. The van der Waals surface area contributed by atoms with E-state index >= 15 is 0 Å². The third kappa shape index (κ3) is 4.01. The Hall–Kier alpha value is -1.46. The average Bonchev–Trinajstić information content (AvgIpc) is 2.39. The molecular weight excluding hydrogens is 245 g/mol. The number of hydrogen-bond acceptors (Lipinski definition) is 3. The monoisotopic (exact) mass is 267 g/mol. The molecule has 1 aromatic carbocycles. The number of carbonyl (C=O) groups is 1. The highest BCUT2D eigenvalue weighted by molar-refractivity contribution is 5.76. The molecule has 0 radical (unpaired) electrons. The highest BCUT2D eigenvalue weighted by atomic mass is 19.1. The molecule has 0 spiro atoms. The predicted octanol–water partition coefficient (Wildman–Crippen LogP) is 1.41. The molecule has 1 rings (SSSR count). The third-order valence-electron chi connectivity index (χ3n) is 3.26. The molecule has 2 atom stereocenters. The van der Waals surface area contributed by atoms with E-state index < -0.39 is 5.91 Å². The molecule has 106 valence electrons. The molecule has 2 unspecified atom stereocenters. The molecule has 5 heteroatoms. The molecule has 0 aliphatic rings. The lowest BCUT2D eigenvalue weighted by Gasteiger charge is -2.34. The van der Waals surface area contributed by atoms with Crippen molar-refractivity contribution in [2.24, 2.45) is 11.5 Å². The zero-order chi connectivity index (χ0) is 14.4. The van der Waals surface area contributed by atoms with Gasteiger partial charge in [-0.05, 0) is 19.0 Å². The van der Waals surface area contributed by atoms with Crippen LogP contribution in [0.25, 0.3) is 0 Å². The number of rotatable bonds is 7. The molecule has 4 nitrogen and oxygen atoms in total. The summed E-state index contributed by atoms with van der Waals surface area (Å²) in [5.74, 6) is -0.745. The Balaban J connectivity index is 3.13. The van der Waals surface area contributed by atoms with Gasteiger partial charge in [0.05, 0.1) is 12.6 Å². The second-order valence-electron chi connectivity index (χ2n) is 4.57. The maximum absolute atomic E-state index is 14.0. The van der Waals surface area contributed by atoms with Crippen LogP contribution in [0.1, 0.15) is 31.9 Å². The van der Waals surface area contributed by atoms with Gasteiger partial charge in [-0.3, -0.25) is 9.69 Å². The fraction of sp³-hybridized carbons (Fsp3) is 0.500. The summed E-state index contributed by atoms with van der Waals surface area (Å²) < 4.78 is 14.0. The summed E-state index contributed by atoms with van der Waals surface area (Å²) >= 11 is 0. The van der Waals surface area contributed by atoms with Crippen molar-refractivity contribution in [2.75, 3.05) is 13.1 Å². The maximum atomic E-state index is 14.0. The fourth-order valence-electron chi connectivity index (χ4n) is 2.24. The maximum Gasteiger partial charge on any atom is 0.231 e. The predicted molar refractivity (Wildman–Crippen MR) is 73.8 cm³/mol. The van der Waals surface area contributed by atoms with Gasteiger partial charge in [-0.2, -0.15) is 0 Å². The summed E-state index contributed by atoms with van der Waals surface area (Å²) in [6, 6.07) is 5.92. The quantitative estimate of drug-likeness (QED) is 0.784. The Kier molecular flexibility index (Phi) is 5.92. The number of likely N-dealkylation sites (N-methyl/N-ethyl adjacent to an activating group) is 1. The van der Waals surface area contributed by atoms with E-state index in [1.54, 1.807) is 18.2 Å². The van der Waals surface area contributed by atoms with E-state index in [4.69, 9.17) is 11.5 Å². The Morgan fingerprint density at radius 3 is 2.47 bits per heavy atom. The van der Waals surface area contributed by atoms with E-state index in [-0.39, 0.29) is 24.4 Å². The first-order valence-electron chi connectivity index (χ1n) is 6.53. The van der Waals surface area contributed by atoms with Crippen molar-refractivity contribution in [3.8, 4) is 0 Å². The number of nitrogens with zero attached hydrogens (tertiary/aromatic N) is 1. The van der Waals surface area contributed by atoms with Gasteiger partial charge in [0.15, 0.2) is 0 Å². The van der Waals surface area contributed by atoms with Gasteiger partial charge in [-0.25, -0.2) is 4.39 Å². The molecular formula is C14H22FN3O. The largest absolute Gasteiger partial charge is 0.369 e. The average molecular weight is 267 g/mol. The number of hydrogen-bond donors (Lipinski definition) is 2. The molecule has 0 saturated heterocycles. The Morgan fingerprint density at radius 1 is 1.37 bits per heavy atom. The van der Waals surface area contributed by atoms with Crippen molar-refractivity contribution in [1.82, 2.24) is 4.90 Å². The van der Waals surface area contributed by atoms with Gasteiger partial charge in [0.25, 0.3) is 0 Å². The van der Waals surface area contributed by atoms with Gasteiger partial charge >= 0.3 is 0 Å². The van der Waals surface area contributed by atoms with E-state index in [2.05, 4.69) is 0 Å². The van der Waals surface area contributed by atoms with E-state index in [9.17, 15) is 9.18 Å². The standard InChI is InChI=1S/C14H22FN3O/c1-3-12(16)14(18(4-2)9-13(17)19)10-7-5-6-8-11(10)15/h5-8,12,14H,3-4,9,16H2,1-2H3,(H2,17,19). The lowest BCUT2D eigenvalue weighted by molar-refractivity contribution is -0.119. The van der Waals surface area contributed by atoms with Crippen LogP contribution in [0.4, 0.5) is 4.39 Å². The van der Waals surface area contributed by atoms with Crippen molar-refractivity contribution in [2.45, 2.75) is 32.4 Å². The third-order valence-corrected chi connectivity index (χ3v) is 3.26. The number of benzene rings is 1. The van der Waals surface area contributed by atoms with Crippen molar-refractivity contribution in [3.05, 3.63) is 35.6 Å². The lowest BCUT2D eigenvalue weighted by atomic mass is 9.95. The molecule has 0 fully saturated rings. The summed E-state index contributed by atoms with van der Waals surface area (Å²) in [5.41, 5.74) is 11.9. The number of primary amides is 1. The summed E-state index contributed by atoms with van der Waals surface area (Å²) in [6.07, 6.45) is 0.689. The highest BCUT2D eigenvalue weighted by Gasteiger charge is 2.27. The minimum Gasteiger partial charge on any atom is -0.369 e. The molecule has 1 amide bonds. The van der Waals surface area contributed by atoms with Gasteiger partial charge in [0.2, 0.25) is 5.91 Å². The van der Waals surface area contributed by atoms with Crippen molar-refractivity contribution >= 4 is 5.91 Å². The molecule has 0 aliphatic heterocycles. The number of halogens is 1. The summed E-state index contributed by atoms with van der Waals surface area (Å²) in [6.45, 7) is 4.49. The number of amides is 1. The van der Waals surface area contributed by atoms with Crippen LogP contribution in [-0.4, -0.2) is 29.9 Å². The van der Waals surface area contributed by atoms with E-state index in [0.717, 1.165) is 0 Å². The van der Waals surface area contributed by atoms with Crippen LogP contribution < -0.4 is 11.5 Å². The molecule has 4 N–H and O–H groups in total. The fourth-order valence-corrected chi connectivity index (χ4v) is 2.24. The van der Waals surface area contributed by atoms with Crippen LogP contribution in [0.15, 0.2) is 24.3 Å². The van der Waals surface area contributed by atoms with Gasteiger partial charge in [-0.1, -0.05) is 32.0 Å². The number of nitrogens with two attached hydrogens (primary N) is 2. The van der Waals surface area contributed by atoms with Crippen LogP contribution in [0, 0.1) is 5.82 Å². The van der Waals surface area contributed by atoms with Gasteiger partial charge < -0.3 is 11.5 Å². The molecule has 0 bridgehead atoms. The zero-order valence-electron chi connectivity index (χ0n) is 11.5. The topological polar surface area (TPSA) is 72.3 Å². The van der Waals surface area contributed by atoms with Crippen LogP contribution in [0.3, 0.4) is 0 Å².